The molecule has 0 amide bonds. The predicted octanol–water partition coefficient (Wildman–Crippen LogP) is 4.18. The highest BCUT2D eigenvalue weighted by Crippen LogP contribution is 2.35. The van der Waals surface area contributed by atoms with Crippen molar-refractivity contribution < 1.29 is 4.52 Å². The number of halogens is 1. The molecule has 0 atom stereocenters. The van der Waals surface area contributed by atoms with Gasteiger partial charge in [-0.15, -0.1) is 22.7 Å². The number of rotatable bonds is 2. The fraction of sp³-hybridized carbons (Fsp3) is 0.0909. The molecule has 0 fully saturated rings. The molecule has 0 unspecified atom stereocenters. The fourth-order valence-corrected chi connectivity index (χ4v) is 3.71. The number of aryl methyl sites for hydroxylation is 1. The zero-order valence-corrected chi connectivity index (χ0v) is 12.5. The van der Waals surface area contributed by atoms with Gasteiger partial charge in [-0.1, -0.05) is 5.16 Å². The Balaban J connectivity index is 2.01. The Kier molecular flexibility index (Phi) is 2.96. The Morgan fingerprint density at radius 3 is 2.78 bits per heavy atom. The lowest BCUT2D eigenvalue weighted by Gasteiger charge is -1.91. The number of nitrogens with two attached hydrogens (primary N) is 1. The van der Waals surface area contributed by atoms with E-state index in [-0.39, 0.29) is 0 Å². The third kappa shape index (κ3) is 1.98. The maximum atomic E-state index is 5.96. The van der Waals surface area contributed by atoms with Crippen LogP contribution in [0.4, 0.5) is 5.69 Å². The molecule has 2 N–H and O–H groups in total. The quantitative estimate of drug-likeness (QED) is 0.759. The third-order valence-corrected chi connectivity index (χ3v) is 5.22. The molecule has 0 spiro atoms. The molecule has 0 saturated carbocycles. The van der Waals surface area contributed by atoms with Crippen LogP contribution in [-0.2, 0) is 0 Å². The molecule has 0 bridgehead atoms. The first-order valence-corrected chi connectivity index (χ1v) is 7.62. The summed E-state index contributed by atoms with van der Waals surface area (Å²) in [6.07, 6.45) is 0. The minimum absolute atomic E-state index is 0.477. The maximum Gasteiger partial charge on any atom is 0.270 e. The van der Waals surface area contributed by atoms with E-state index in [4.69, 9.17) is 10.3 Å². The average Bonchev–Trinajstić information content (AvgIpc) is 3.02. The van der Waals surface area contributed by atoms with E-state index in [0.29, 0.717) is 17.4 Å². The molecule has 0 aliphatic heterocycles. The second-order valence-corrected chi connectivity index (χ2v) is 6.42. The number of nitrogen functional groups attached to an aromatic ring is 1. The number of thiophene rings is 2. The molecule has 0 aromatic carbocycles. The van der Waals surface area contributed by atoms with Crippen LogP contribution in [0.1, 0.15) is 5.56 Å². The van der Waals surface area contributed by atoms with E-state index in [1.54, 1.807) is 11.3 Å². The lowest BCUT2D eigenvalue weighted by atomic mass is 10.3. The van der Waals surface area contributed by atoms with Crippen LogP contribution in [0.15, 0.2) is 25.8 Å². The van der Waals surface area contributed by atoms with Crippen molar-refractivity contribution >= 4 is 44.3 Å². The molecule has 0 saturated heterocycles. The van der Waals surface area contributed by atoms with E-state index >= 15 is 0 Å². The monoisotopic (exact) mass is 341 g/mol. The lowest BCUT2D eigenvalue weighted by Crippen LogP contribution is -1.87. The second-order valence-electron chi connectivity index (χ2n) is 3.71. The molecule has 7 heteroatoms. The molecule has 3 rings (SSSR count). The zero-order chi connectivity index (χ0) is 12.7. The van der Waals surface area contributed by atoms with E-state index in [9.17, 15) is 0 Å². The maximum absolute atomic E-state index is 5.96. The van der Waals surface area contributed by atoms with Gasteiger partial charge in [0.15, 0.2) is 0 Å². The molecule has 3 heterocycles. The molecule has 4 nitrogen and oxygen atoms in total. The summed E-state index contributed by atoms with van der Waals surface area (Å²) in [5.41, 5.74) is 7.71. The zero-order valence-electron chi connectivity index (χ0n) is 9.31. The molecule has 92 valence electrons. The van der Waals surface area contributed by atoms with Gasteiger partial charge in [0, 0.05) is 9.85 Å². The highest BCUT2D eigenvalue weighted by atomic mass is 79.9. The largest absolute Gasteiger partial charge is 0.397 e. The first-order chi connectivity index (χ1) is 8.65. The summed E-state index contributed by atoms with van der Waals surface area (Å²) in [5, 5.41) is 7.94. The molecule has 0 aliphatic carbocycles. The Bertz CT molecular complexity index is 701. The predicted molar refractivity (Wildman–Crippen MR) is 77.8 cm³/mol. The number of anilines is 1. The van der Waals surface area contributed by atoms with Gasteiger partial charge in [-0.2, -0.15) is 4.98 Å². The van der Waals surface area contributed by atoms with E-state index < -0.39 is 0 Å². The molecule has 3 aromatic heterocycles. The summed E-state index contributed by atoms with van der Waals surface area (Å²) in [4.78, 5) is 6.18. The third-order valence-electron chi connectivity index (χ3n) is 2.43. The second kappa shape index (κ2) is 4.49. The van der Waals surface area contributed by atoms with Gasteiger partial charge in [0.05, 0.1) is 10.6 Å². The number of nitrogens with zero attached hydrogens (tertiary/aromatic N) is 2. The normalized spacial score (nSPS) is 11.0. The van der Waals surface area contributed by atoms with Crippen molar-refractivity contribution in [2.45, 2.75) is 6.92 Å². The first kappa shape index (κ1) is 11.9. The van der Waals surface area contributed by atoms with Gasteiger partial charge >= 0.3 is 0 Å². The minimum atomic E-state index is 0.477. The van der Waals surface area contributed by atoms with Gasteiger partial charge < -0.3 is 10.3 Å². The van der Waals surface area contributed by atoms with Crippen LogP contribution < -0.4 is 5.73 Å². The van der Waals surface area contributed by atoms with Crippen LogP contribution in [-0.4, -0.2) is 10.1 Å². The van der Waals surface area contributed by atoms with E-state index in [1.165, 1.54) is 11.3 Å². The summed E-state index contributed by atoms with van der Waals surface area (Å²) in [6.45, 7) is 1.96. The standard InChI is InChI=1S/C11H8BrN3OS2/c1-5-3-18-9(8(5)13)11-14-10(15-16-11)7-2-6(12)4-17-7/h2-4H,13H2,1H3. The van der Waals surface area contributed by atoms with Gasteiger partial charge in [0.2, 0.25) is 5.82 Å². The number of hydrogen-bond donors (Lipinski definition) is 1. The van der Waals surface area contributed by atoms with Crippen LogP contribution in [0.2, 0.25) is 0 Å². The SMILES string of the molecule is Cc1csc(-c2nc(-c3cc(Br)cs3)no2)c1N. The van der Waals surface area contributed by atoms with Crippen molar-refractivity contribution in [2.24, 2.45) is 0 Å². The van der Waals surface area contributed by atoms with Crippen molar-refractivity contribution in [1.82, 2.24) is 10.1 Å². The van der Waals surface area contributed by atoms with Crippen molar-refractivity contribution in [3.05, 3.63) is 26.9 Å². The Labute approximate surface area is 120 Å². The number of hydrogen-bond acceptors (Lipinski definition) is 6. The molecular weight excluding hydrogens is 334 g/mol. The molecule has 0 aliphatic rings. The molecule has 0 radical (unpaired) electrons. The van der Waals surface area contributed by atoms with Crippen molar-refractivity contribution in [3.63, 3.8) is 0 Å². The van der Waals surface area contributed by atoms with E-state index in [1.807, 2.05) is 23.8 Å². The summed E-state index contributed by atoms with van der Waals surface area (Å²) in [5.74, 6) is 1.07. The Morgan fingerprint density at radius 1 is 1.33 bits per heavy atom. The first-order valence-electron chi connectivity index (χ1n) is 5.07. The van der Waals surface area contributed by atoms with E-state index in [0.717, 1.165) is 19.8 Å². The van der Waals surface area contributed by atoms with Gasteiger partial charge in [0.1, 0.15) is 4.88 Å². The number of aromatic nitrogens is 2. The summed E-state index contributed by atoms with van der Waals surface area (Å²) in [7, 11) is 0. The van der Waals surface area contributed by atoms with Gasteiger partial charge in [0.25, 0.3) is 5.89 Å². The van der Waals surface area contributed by atoms with Crippen LogP contribution in [0, 0.1) is 6.92 Å². The summed E-state index contributed by atoms with van der Waals surface area (Å²) < 4.78 is 6.28. The highest BCUT2D eigenvalue weighted by molar-refractivity contribution is 9.10. The van der Waals surface area contributed by atoms with Crippen molar-refractivity contribution in [3.8, 4) is 21.5 Å². The van der Waals surface area contributed by atoms with Gasteiger partial charge in [-0.05, 0) is 39.9 Å². The molecular formula is C11H8BrN3OS2. The van der Waals surface area contributed by atoms with Crippen LogP contribution in [0.25, 0.3) is 21.5 Å². The Hall–Kier alpha value is -1.18. The molecule has 3 aromatic rings. The van der Waals surface area contributed by atoms with Crippen LogP contribution in [0.5, 0.6) is 0 Å². The molecule has 18 heavy (non-hydrogen) atoms. The van der Waals surface area contributed by atoms with Crippen LogP contribution in [0.3, 0.4) is 0 Å². The van der Waals surface area contributed by atoms with Gasteiger partial charge in [-0.3, -0.25) is 0 Å². The topological polar surface area (TPSA) is 64.9 Å². The average molecular weight is 342 g/mol. The minimum Gasteiger partial charge on any atom is -0.397 e. The van der Waals surface area contributed by atoms with Gasteiger partial charge in [-0.25, -0.2) is 0 Å². The fourth-order valence-electron chi connectivity index (χ4n) is 1.47. The summed E-state index contributed by atoms with van der Waals surface area (Å²) in [6, 6.07) is 1.96. The van der Waals surface area contributed by atoms with Crippen molar-refractivity contribution in [1.29, 1.82) is 0 Å². The summed E-state index contributed by atoms with van der Waals surface area (Å²) >= 11 is 6.48. The lowest BCUT2D eigenvalue weighted by molar-refractivity contribution is 0.433. The highest BCUT2D eigenvalue weighted by Gasteiger charge is 2.16. The van der Waals surface area contributed by atoms with Crippen LogP contribution >= 0.6 is 38.6 Å². The van der Waals surface area contributed by atoms with E-state index in [2.05, 4.69) is 26.1 Å². The Morgan fingerprint density at radius 2 is 2.17 bits per heavy atom. The van der Waals surface area contributed by atoms with Crippen molar-refractivity contribution in [2.75, 3.05) is 5.73 Å². The smallest absolute Gasteiger partial charge is 0.270 e.